The average Bonchev–Trinajstić information content (AvgIpc) is 3.56. The molecule has 0 aromatic carbocycles. The lowest BCUT2D eigenvalue weighted by Crippen LogP contribution is -2.48. The molecule has 3 N–H and O–H groups in total. The maximum atomic E-state index is 14.1. The van der Waals surface area contributed by atoms with Crippen LogP contribution in [0.3, 0.4) is 0 Å². The third-order valence-electron chi connectivity index (χ3n) is 8.77. The van der Waals surface area contributed by atoms with E-state index in [2.05, 4.69) is 20.7 Å². The smallest absolute Gasteiger partial charge is 0.409 e. The van der Waals surface area contributed by atoms with E-state index in [-0.39, 0.29) is 48.4 Å². The second-order valence-corrected chi connectivity index (χ2v) is 14.0. The Kier molecular flexibility index (Phi) is 11.9. The van der Waals surface area contributed by atoms with Gasteiger partial charge in [-0.05, 0) is 77.4 Å². The first-order valence-corrected chi connectivity index (χ1v) is 17.0. The predicted octanol–water partition coefficient (Wildman–Crippen LogP) is 4.73. The van der Waals surface area contributed by atoms with Gasteiger partial charge in [0.15, 0.2) is 11.4 Å². The highest BCUT2D eigenvalue weighted by molar-refractivity contribution is 6.03. The van der Waals surface area contributed by atoms with Crippen LogP contribution in [0.5, 0.6) is 0 Å². The summed E-state index contributed by atoms with van der Waals surface area (Å²) in [5, 5.41) is 18.3. The Morgan fingerprint density at radius 3 is 2.54 bits per heavy atom. The number of amides is 3. The minimum Gasteiger partial charge on any atom is -0.444 e. The van der Waals surface area contributed by atoms with Crippen molar-refractivity contribution >= 4 is 29.2 Å². The molecule has 2 saturated carbocycles. The second-order valence-electron chi connectivity index (χ2n) is 14.0. The summed E-state index contributed by atoms with van der Waals surface area (Å²) in [6.07, 6.45) is 8.32. The number of ether oxygens (including phenoxy) is 2. The summed E-state index contributed by atoms with van der Waals surface area (Å²) < 4.78 is 45.9. The number of hydrogen-bond acceptors (Lipinski definition) is 10. The van der Waals surface area contributed by atoms with Crippen molar-refractivity contribution in [3.63, 3.8) is 0 Å². The third kappa shape index (κ3) is 9.90. The molecule has 5 rings (SSSR count). The Balaban J connectivity index is 1.21. The normalized spacial score (nSPS) is 20.8. The maximum absolute atomic E-state index is 14.1. The molecule has 1 aliphatic heterocycles. The molecule has 1 unspecified atom stereocenters. The van der Waals surface area contributed by atoms with Crippen molar-refractivity contribution in [2.24, 2.45) is 11.8 Å². The number of nitrogens with one attached hydrogen (secondary N) is 2. The molecule has 2 fully saturated rings. The molecular formula is C34H47F2N7O7. The van der Waals surface area contributed by atoms with Crippen LogP contribution in [-0.4, -0.2) is 99.3 Å². The number of nitrogens with zero attached hydrogens (tertiary/aromatic N) is 5. The number of oxazole rings is 1. The average molecular weight is 704 g/mol. The highest BCUT2D eigenvalue weighted by Crippen LogP contribution is 2.36. The number of aliphatic hydroxyl groups is 1. The van der Waals surface area contributed by atoms with Crippen LogP contribution in [0.15, 0.2) is 35.2 Å². The molecule has 16 heteroatoms. The van der Waals surface area contributed by atoms with Gasteiger partial charge in [-0.1, -0.05) is 0 Å². The van der Waals surface area contributed by atoms with Gasteiger partial charge in [0, 0.05) is 44.0 Å². The second kappa shape index (κ2) is 16.1. The first kappa shape index (κ1) is 37.0. The van der Waals surface area contributed by atoms with Gasteiger partial charge >= 0.3 is 6.09 Å². The molecule has 0 bridgehead atoms. The van der Waals surface area contributed by atoms with Crippen LogP contribution in [0.25, 0.3) is 5.57 Å². The predicted molar refractivity (Wildman–Crippen MR) is 178 cm³/mol. The summed E-state index contributed by atoms with van der Waals surface area (Å²) in [6.45, 7) is 6.96. The van der Waals surface area contributed by atoms with Crippen LogP contribution >= 0.6 is 0 Å². The molecule has 2 aromatic heterocycles. The van der Waals surface area contributed by atoms with Gasteiger partial charge in [0.25, 0.3) is 12.3 Å². The Labute approximate surface area is 289 Å². The van der Waals surface area contributed by atoms with Gasteiger partial charge in [0.05, 0.1) is 31.5 Å². The molecule has 3 heterocycles. The number of carbonyl (C=O) groups is 3. The first-order valence-electron chi connectivity index (χ1n) is 17.0. The van der Waals surface area contributed by atoms with E-state index in [0.717, 1.165) is 25.6 Å². The zero-order chi connectivity index (χ0) is 36.0. The van der Waals surface area contributed by atoms with Gasteiger partial charge in [-0.15, -0.1) is 0 Å². The Morgan fingerprint density at radius 1 is 1.14 bits per heavy atom. The van der Waals surface area contributed by atoms with Crippen LogP contribution in [0, 0.1) is 11.8 Å². The standard InChI is InChI=1S/C34H47F2N7O7/c1-34(2,3)50-33(47)39-27-17-23(11-12-42(27)18-21-5-6-21)31-38-26(20-49-31)30(45)37-25-19-43(40-28(25)29(35)36)24-9-7-22(8-10-24)32(46)41(4)13-15-48-16-14-44/h11-12,17,19-22,24,27,29,44H,5-10,13-16,18H2,1-4H3,(H,37,45)(H,39,47). The van der Waals surface area contributed by atoms with Crippen LogP contribution in [0.4, 0.5) is 19.3 Å². The fraction of sp³-hybridized carbons (Fsp3) is 0.618. The lowest BCUT2D eigenvalue weighted by atomic mass is 9.85. The molecule has 50 heavy (non-hydrogen) atoms. The number of alkyl halides is 2. The largest absolute Gasteiger partial charge is 0.444 e. The number of halogens is 2. The van der Waals surface area contributed by atoms with Gasteiger partial charge in [-0.3, -0.25) is 19.6 Å². The lowest BCUT2D eigenvalue weighted by Gasteiger charge is -2.32. The number of hydrogen-bond donors (Lipinski definition) is 3. The topological polar surface area (TPSA) is 164 Å². The fourth-order valence-electron chi connectivity index (χ4n) is 5.98. The van der Waals surface area contributed by atoms with Gasteiger partial charge in [-0.25, -0.2) is 18.6 Å². The maximum Gasteiger partial charge on any atom is 0.409 e. The van der Waals surface area contributed by atoms with Crippen molar-refractivity contribution in [3.8, 4) is 0 Å². The number of aromatic nitrogens is 3. The number of carbonyl (C=O) groups excluding carboxylic acids is 3. The SMILES string of the molecule is CN(CCOCCO)C(=O)C1CCC(n2cc(NC(=O)c3coc(C4=CC(NC(=O)OC(C)(C)C)N(CC5CC5)C=C4)n3)c(C(F)F)n2)CC1. The fourth-order valence-corrected chi connectivity index (χ4v) is 5.98. The van der Waals surface area contributed by atoms with Gasteiger partial charge < -0.3 is 34.1 Å². The quantitative estimate of drug-likeness (QED) is 0.234. The molecule has 0 spiro atoms. The first-order chi connectivity index (χ1) is 23.8. The number of aliphatic hydroxyl groups excluding tert-OH is 1. The Hall–Kier alpha value is -4.31. The molecule has 274 valence electrons. The molecule has 1 atom stereocenters. The highest BCUT2D eigenvalue weighted by atomic mass is 19.3. The lowest BCUT2D eigenvalue weighted by molar-refractivity contribution is -0.136. The van der Waals surface area contributed by atoms with Crippen LogP contribution in [-0.2, 0) is 14.3 Å². The summed E-state index contributed by atoms with van der Waals surface area (Å²) in [4.78, 5) is 46.6. The van der Waals surface area contributed by atoms with Gasteiger partial charge in [-0.2, -0.15) is 5.10 Å². The molecule has 0 saturated heterocycles. The summed E-state index contributed by atoms with van der Waals surface area (Å²) in [6, 6.07) is -0.217. The van der Waals surface area contributed by atoms with Gasteiger partial charge in [0.2, 0.25) is 11.8 Å². The number of rotatable bonds is 14. The van der Waals surface area contributed by atoms with E-state index in [1.165, 1.54) is 10.9 Å². The summed E-state index contributed by atoms with van der Waals surface area (Å²) in [5.74, 6) is -0.292. The number of anilines is 1. The number of likely N-dealkylation sites (N-methyl/N-ethyl adjacent to an activating group) is 1. The van der Waals surface area contributed by atoms with Crippen molar-refractivity contribution in [3.05, 3.63) is 48.1 Å². The van der Waals surface area contributed by atoms with Crippen LogP contribution in [0.1, 0.15) is 93.8 Å². The van der Waals surface area contributed by atoms with Crippen molar-refractivity contribution in [2.45, 2.75) is 83.5 Å². The summed E-state index contributed by atoms with van der Waals surface area (Å²) >= 11 is 0. The molecule has 3 aliphatic rings. The van der Waals surface area contributed by atoms with Crippen LogP contribution < -0.4 is 10.6 Å². The van der Waals surface area contributed by atoms with E-state index in [1.54, 1.807) is 44.9 Å². The zero-order valence-electron chi connectivity index (χ0n) is 28.9. The van der Waals surface area contributed by atoms with E-state index < -0.39 is 35.9 Å². The monoisotopic (exact) mass is 703 g/mol. The van der Waals surface area contributed by atoms with E-state index in [9.17, 15) is 23.2 Å². The van der Waals surface area contributed by atoms with E-state index >= 15 is 0 Å². The molecule has 2 aliphatic carbocycles. The minimum absolute atomic E-state index is 0.00499. The number of alkyl carbamates (subject to hydrolysis) is 1. The van der Waals surface area contributed by atoms with Crippen molar-refractivity contribution in [1.82, 2.24) is 29.9 Å². The molecule has 3 amide bonds. The molecule has 0 radical (unpaired) electrons. The van der Waals surface area contributed by atoms with E-state index in [4.69, 9.17) is 19.0 Å². The van der Waals surface area contributed by atoms with Crippen molar-refractivity contribution < 1.29 is 42.2 Å². The highest BCUT2D eigenvalue weighted by Gasteiger charge is 2.32. The molecule has 14 nitrogen and oxygen atoms in total. The number of allylic oxidation sites excluding steroid dienone is 2. The molecule has 2 aromatic rings. The minimum atomic E-state index is -2.94. The van der Waals surface area contributed by atoms with E-state index in [0.29, 0.717) is 50.3 Å². The summed E-state index contributed by atoms with van der Waals surface area (Å²) in [7, 11) is 1.71. The Morgan fingerprint density at radius 2 is 1.88 bits per heavy atom. The van der Waals surface area contributed by atoms with Gasteiger partial charge in [0.1, 0.15) is 18.0 Å². The third-order valence-corrected chi connectivity index (χ3v) is 8.77. The van der Waals surface area contributed by atoms with E-state index in [1.807, 2.05) is 11.1 Å². The van der Waals surface area contributed by atoms with Crippen molar-refractivity contribution in [2.75, 3.05) is 45.3 Å². The van der Waals surface area contributed by atoms with Crippen LogP contribution in [0.2, 0.25) is 0 Å². The summed E-state index contributed by atoms with van der Waals surface area (Å²) in [5.41, 5.74) is -0.974. The van der Waals surface area contributed by atoms with Crippen molar-refractivity contribution in [1.29, 1.82) is 0 Å². The Bertz CT molecular complexity index is 1550. The molecular weight excluding hydrogens is 656 g/mol. The zero-order valence-corrected chi connectivity index (χ0v) is 28.9.